The molecule has 1 aliphatic heterocycles. The van der Waals surface area contributed by atoms with Gasteiger partial charge in [0.2, 0.25) is 6.10 Å². The van der Waals surface area contributed by atoms with Gasteiger partial charge < -0.3 is 14.4 Å². The van der Waals surface area contributed by atoms with E-state index in [1.165, 1.54) is 0 Å². The van der Waals surface area contributed by atoms with Crippen molar-refractivity contribution in [2.75, 3.05) is 26.3 Å². The van der Waals surface area contributed by atoms with Gasteiger partial charge in [0.25, 0.3) is 5.91 Å². The molecule has 4 rings (SSSR count). The fraction of sp³-hybridized carbons (Fsp3) is 0.200. The summed E-state index contributed by atoms with van der Waals surface area (Å²) in [6, 6.07) is 26.8. The van der Waals surface area contributed by atoms with Gasteiger partial charge in [0, 0.05) is 18.7 Å². The summed E-state index contributed by atoms with van der Waals surface area (Å²) in [6.45, 7) is 2.24. The Hall–Kier alpha value is -3.62. The summed E-state index contributed by atoms with van der Waals surface area (Å²) in [6.07, 6.45) is -0.704. The number of ether oxygens (including phenoxy) is 2. The van der Waals surface area contributed by atoms with Crippen LogP contribution in [-0.2, 0) is 9.53 Å². The Morgan fingerprint density at radius 2 is 1.50 bits per heavy atom. The van der Waals surface area contributed by atoms with Crippen LogP contribution in [-0.4, -0.2) is 37.1 Å². The number of hydrogen-bond donors (Lipinski definition) is 0. The Morgan fingerprint density at radius 3 is 2.10 bits per heavy atom. The van der Waals surface area contributed by atoms with E-state index in [4.69, 9.17) is 14.7 Å². The average molecular weight is 398 g/mol. The number of hydrogen-bond acceptors (Lipinski definition) is 4. The monoisotopic (exact) mass is 398 g/mol. The van der Waals surface area contributed by atoms with E-state index in [-0.39, 0.29) is 5.91 Å². The van der Waals surface area contributed by atoms with Gasteiger partial charge in [-0.05, 0) is 35.4 Å². The molecular formula is C25H22N2O3. The molecular weight excluding hydrogens is 376 g/mol. The van der Waals surface area contributed by atoms with Gasteiger partial charge in [-0.3, -0.25) is 4.79 Å². The van der Waals surface area contributed by atoms with Crippen molar-refractivity contribution in [3.05, 3.63) is 90.0 Å². The van der Waals surface area contributed by atoms with E-state index < -0.39 is 6.10 Å². The zero-order valence-electron chi connectivity index (χ0n) is 16.5. The highest BCUT2D eigenvalue weighted by Crippen LogP contribution is 2.27. The van der Waals surface area contributed by atoms with Crippen molar-refractivity contribution in [1.29, 1.82) is 5.26 Å². The molecule has 150 valence electrons. The molecule has 1 heterocycles. The average Bonchev–Trinajstić information content (AvgIpc) is 2.84. The molecule has 1 atom stereocenters. The number of rotatable bonds is 5. The lowest BCUT2D eigenvalue weighted by Gasteiger charge is -2.30. The van der Waals surface area contributed by atoms with Crippen molar-refractivity contribution >= 4 is 5.91 Å². The summed E-state index contributed by atoms with van der Waals surface area (Å²) < 4.78 is 11.5. The van der Waals surface area contributed by atoms with Crippen LogP contribution in [0, 0.1) is 11.3 Å². The largest absolute Gasteiger partial charge is 0.476 e. The van der Waals surface area contributed by atoms with Crippen LogP contribution < -0.4 is 4.74 Å². The van der Waals surface area contributed by atoms with Crippen LogP contribution in [0.15, 0.2) is 78.9 Å². The van der Waals surface area contributed by atoms with Crippen molar-refractivity contribution < 1.29 is 14.3 Å². The molecule has 0 N–H and O–H groups in total. The maximum absolute atomic E-state index is 13.2. The summed E-state index contributed by atoms with van der Waals surface area (Å²) in [5.74, 6) is 0.573. The molecule has 0 spiro atoms. The Morgan fingerprint density at radius 1 is 0.900 bits per heavy atom. The van der Waals surface area contributed by atoms with E-state index in [2.05, 4.69) is 6.07 Å². The highest BCUT2D eigenvalue weighted by molar-refractivity contribution is 5.83. The summed E-state index contributed by atoms with van der Waals surface area (Å²) in [4.78, 5) is 15.0. The van der Waals surface area contributed by atoms with Crippen LogP contribution >= 0.6 is 0 Å². The Balaban J connectivity index is 1.55. The maximum Gasteiger partial charge on any atom is 0.268 e. The molecule has 1 fully saturated rings. The predicted molar refractivity (Wildman–Crippen MR) is 114 cm³/mol. The first-order chi connectivity index (χ1) is 14.7. The molecule has 0 bridgehead atoms. The van der Waals surface area contributed by atoms with Gasteiger partial charge in [0.05, 0.1) is 24.8 Å². The number of nitrogens with zero attached hydrogens (tertiary/aromatic N) is 2. The number of carbonyl (C=O) groups excluding carboxylic acids is 1. The minimum Gasteiger partial charge on any atom is -0.476 e. The molecule has 3 aromatic rings. The molecule has 0 aromatic heterocycles. The third kappa shape index (κ3) is 4.51. The Kier molecular flexibility index (Phi) is 6.07. The highest BCUT2D eigenvalue weighted by atomic mass is 16.5. The molecule has 5 heteroatoms. The van der Waals surface area contributed by atoms with Crippen LogP contribution in [0.4, 0.5) is 0 Å². The van der Waals surface area contributed by atoms with Gasteiger partial charge >= 0.3 is 0 Å². The Labute approximate surface area is 176 Å². The number of nitriles is 1. The van der Waals surface area contributed by atoms with E-state index in [1.54, 1.807) is 17.0 Å². The lowest BCUT2D eigenvalue weighted by atomic mass is 10.0. The second-order valence-corrected chi connectivity index (χ2v) is 7.06. The zero-order chi connectivity index (χ0) is 20.8. The van der Waals surface area contributed by atoms with E-state index >= 15 is 0 Å². The first-order valence-corrected chi connectivity index (χ1v) is 9.93. The first-order valence-electron chi connectivity index (χ1n) is 9.93. The number of benzene rings is 3. The van der Waals surface area contributed by atoms with E-state index in [0.717, 1.165) is 16.7 Å². The van der Waals surface area contributed by atoms with Crippen LogP contribution in [0.3, 0.4) is 0 Å². The van der Waals surface area contributed by atoms with Crippen molar-refractivity contribution in [1.82, 2.24) is 4.90 Å². The molecule has 0 unspecified atom stereocenters. The van der Waals surface area contributed by atoms with E-state index in [1.807, 2.05) is 66.7 Å². The lowest BCUT2D eigenvalue weighted by molar-refractivity contribution is -0.143. The summed E-state index contributed by atoms with van der Waals surface area (Å²) in [7, 11) is 0. The number of morpholine rings is 1. The molecule has 0 saturated carbocycles. The van der Waals surface area contributed by atoms with Crippen LogP contribution in [0.5, 0.6) is 5.75 Å². The van der Waals surface area contributed by atoms with E-state index in [0.29, 0.717) is 37.6 Å². The van der Waals surface area contributed by atoms with Crippen molar-refractivity contribution in [3.8, 4) is 22.9 Å². The van der Waals surface area contributed by atoms with Crippen molar-refractivity contribution in [2.45, 2.75) is 6.10 Å². The normalized spacial score (nSPS) is 14.6. The van der Waals surface area contributed by atoms with Crippen LogP contribution in [0.25, 0.3) is 11.1 Å². The minimum atomic E-state index is -0.704. The number of carbonyl (C=O) groups is 1. The second kappa shape index (κ2) is 9.25. The van der Waals surface area contributed by atoms with E-state index in [9.17, 15) is 4.79 Å². The Bertz CT molecular complexity index is 1020. The topological polar surface area (TPSA) is 62.6 Å². The molecule has 1 amide bonds. The molecule has 30 heavy (non-hydrogen) atoms. The highest BCUT2D eigenvalue weighted by Gasteiger charge is 2.29. The molecule has 1 aliphatic rings. The van der Waals surface area contributed by atoms with Gasteiger partial charge in [-0.15, -0.1) is 0 Å². The molecule has 3 aromatic carbocycles. The molecule has 0 aliphatic carbocycles. The smallest absolute Gasteiger partial charge is 0.268 e. The maximum atomic E-state index is 13.2. The standard InChI is InChI=1S/C25H22N2O3/c26-18-19-6-8-20(9-7-19)21-10-12-23(13-11-21)30-24(22-4-2-1-3-5-22)25(28)27-14-16-29-17-15-27/h1-13,24H,14-17H2/t24-/m0/s1. The fourth-order valence-corrected chi connectivity index (χ4v) is 3.44. The van der Waals surface area contributed by atoms with Gasteiger partial charge in [0.1, 0.15) is 5.75 Å². The van der Waals surface area contributed by atoms with Gasteiger partial charge in [-0.1, -0.05) is 54.6 Å². The van der Waals surface area contributed by atoms with Crippen molar-refractivity contribution in [2.24, 2.45) is 0 Å². The molecule has 0 radical (unpaired) electrons. The SMILES string of the molecule is N#Cc1ccc(-c2ccc(O[C@H](C(=O)N3CCOCC3)c3ccccc3)cc2)cc1. The van der Waals surface area contributed by atoms with Gasteiger partial charge in [0.15, 0.2) is 0 Å². The number of amides is 1. The second-order valence-electron chi connectivity index (χ2n) is 7.06. The quantitative estimate of drug-likeness (QED) is 0.646. The zero-order valence-corrected chi connectivity index (χ0v) is 16.5. The lowest BCUT2D eigenvalue weighted by Crippen LogP contribution is -2.44. The molecule has 5 nitrogen and oxygen atoms in total. The third-order valence-electron chi connectivity index (χ3n) is 5.10. The van der Waals surface area contributed by atoms with Crippen LogP contribution in [0.1, 0.15) is 17.2 Å². The summed E-state index contributed by atoms with van der Waals surface area (Å²) in [5, 5.41) is 8.95. The molecule has 1 saturated heterocycles. The van der Waals surface area contributed by atoms with Crippen molar-refractivity contribution in [3.63, 3.8) is 0 Å². The van der Waals surface area contributed by atoms with Gasteiger partial charge in [-0.25, -0.2) is 0 Å². The van der Waals surface area contributed by atoms with Crippen LogP contribution in [0.2, 0.25) is 0 Å². The summed E-state index contributed by atoms with van der Waals surface area (Å²) >= 11 is 0. The first kappa shape index (κ1) is 19.7. The fourth-order valence-electron chi connectivity index (χ4n) is 3.44. The third-order valence-corrected chi connectivity index (χ3v) is 5.10. The minimum absolute atomic E-state index is 0.0549. The predicted octanol–water partition coefficient (Wildman–Crippen LogP) is 4.20. The summed E-state index contributed by atoms with van der Waals surface area (Å²) in [5.41, 5.74) is 3.49. The van der Waals surface area contributed by atoms with Gasteiger partial charge in [-0.2, -0.15) is 5.26 Å².